The fourth-order valence-corrected chi connectivity index (χ4v) is 4.23. The van der Waals surface area contributed by atoms with Gasteiger partial charge in [-0.3, -0.25) is 0 Å². The molecular weight excluding hydrogens is 353 g/mol. The van der Waals surface area contributed by atoms with Gasteiger partial charge in [0.1, 0.15) is 9.90 Å². The molecule has 0 aliphatic carbocycles. The molecule has 2 aromatic rings. The van der Waals surface area contributed by atoms with Gasteiger partial charge in [0, 0.05) is 11.1 Å². The van der Waals surface area contributed by atoms with Crippen LogP contribution in [0.1, 0.15) is 16.8 Å². The maximum atomic E-state index is 12.2. The summed E-state index contributed by atoms with van der Waals surface area (Å²) in [5.41, 5.74) is 5.69. The van der Waals surface area contributed by atoms with Crippen LogP contribution in [0, 0.1) is 0 Å². The van der Waals surface area contributed by atoms with E-state index in [2.05, 4.69) is 9.71 Å². The number of benzene rings is 1. The summed E-state index contributed by atoms with van der Waals surface area (Å²) in [5, 5.41) is 0.823. The van der Waals surface area contributed by atoms with Crippen molar-refractivity contribution in [1.82, 2.24) is 9.71 Å². The average molecular weight is 366 g/mol. The van der Waals surface area contributed by atoms with E-state index in [4.69, 9.17) is 28.9 Å². The van der Waals surface area contributed by atoms with Gasteiger partial charge in [-0.25, -0.2) is 18.1 Å². The zero-order valence-corrected chi connectivity index (χ0v) is 14.2. The molecule has 0 atom stereocenters. The highest BCUT2D eigenvalue weighted by Gasteiger charge is 2.21. The summed E-state index contributed by atoms with van der Waals surface area (Å²) in [6.45, 7) is 2.11. The quantitative estimate of drug-likeness (QED) is 0.797. The Kier molecular flexibility index (Phi) is 5.11. The van der Waals surface area contributed by atoms with E-state index in [9.17, 15) is 8.42 Å². The van der Waals surface area contributed by atoms with Gasteiger partial charge in [-0.05, 0) is 18.6 Å². The normalized spacial score (nSPS) is 11.8. The maximum absolute atomic E-state index is 12.2. The molecule has 0 fully saturated rings. The Morgan fingerprint density at radius 1 is 1.38 bits per heavy atom. The molecule has 0 spiro atoms. The van der Waals surface area contributed by atoms with Gasteiger partial charge in [0.25, 0.3) is 0 Å². The zero-order valence-electron chi connectivity index (χ0n) is 11.1. The van der Waals surface area contributed by atoms with Gasteiger partial charge in [-0.1, -0.05) is 30.1 Å². The van der Waals surface area contributed by atoms with E-state index < -0.39 is 10.0 Å². The van der Waals surface area contributed by atoms with Gasteiger partial charge in [0.05, 0.1) is 22.3 Å². The first kappa shape index (κ1) is 16.5. The van der Waals surface area contributed by atoms with E-state index in [1.165, 1.54) is 23.5 Å². The summed E-state index contributed by atoms with van der Waals surface area (Å²) in [5.74, 6) is 0. The summed E-state index contributed by atoms with van der Waals surface area (Å²) < 4.78 is 27.0. The standard InChI is InChI=1S/C12H13Cl2N3O2S2/c1-2-7-5-16-10(20-7)6-17-21(18,19)9-4-3-8(13)12(15)11(9)14/h3-5,17H,2,6,15H2,1H3. The fraction of sp³-hybridized carbons (Fsp3) is 0.250. The molecule has 0 unspecified atom stereocenters. The number of anilines is 1. The average Bonchev–Trinajstić information content (AvgIpc) is 2.90. The van der Waals surface area contributed by atoms with Crippen molar-refractivity contribution in [3.63, 3.8) is 0 Å². The number of halogens is 2. The van der Waals surface area contributed by atoms with E-state index in [-0.39, 0.29) is 27.2 Å². The molecule has 21 heavy (non-hydrogen) atoms. The molecule has 1 aromatic carbocycles. The second kappa shape index (κ2) is 6.50. The van der Waals surface area contributed by atoms with Crippen LogP contribution in [-0.2, 0) is 23.0 Å². The molecule has 0 radical (unpaired) electrons. The van der Waals surface area contributed by atoms with E-state index in [0.29, 0.717) is 5.01 Å². The Bertz CT molecular complexity index is 760. The van der Waals surface area contributed by atoms with Crippen molar-refractivity contribution in [1.29, 1.82) is 0 Å². The Labute approximate surface area is 137 Å². The minimum absolute atomic E-state index is 0.0451. The fourth-order valence-electron chi connectivity index (χ4n) is 1.58. The zero-order chi connectivity index (χ0) is 15.6. The summed E-state index contributed by atoms with van der Waals surface area (Å²) >= 11 is 13.2. The minimum atomic E-state index is -3.78. The summed E-state index contributed by atoms with van der Waals surface area (Å²) in [4.78, 5) is 5.15. The number of hydrogen-bond acceptors (Lipinski definition) is 5. The monoisotopic (exact) mass is 365 g/mol. The second-order valence-electron chi connectivity index (χ2n) is 4.17. The first-order valence-electron chi connectivity index (χ1n) is 6.02. The lowest BCUT2D eigenvalue weighted by atomic mass is 10.3. The van der Waals surface area contributed by atoms with Crippen molar-refractivity contribution in [3.8, 4) is 0 Å². The minimum Gasteiger partial charge on any atom is -0.396 e. The Morgan fingerprint density at radius 3 is 2.71 bits per heavy atom. The highest BCUT2D eigenvalue weighted by Crippen LogP contribution is 2.33. The predicted octanol–water partition coefficient (Wildman–Crippen LogP) is 3.07. The van der Waals surface area contributed by atoms with Gasteiger partial charge in [-0.15, -0.1) is 11.3 Å². The lowest BCUT2D eigenvalue weighted by molar-refractivity contribution is 0.581. The van der Waals surface area contributed by atoms with Crippen LogP contribution in [-0.4, -0.2) is 13.4 Å². The molecule has 114 valence electrons. The van der Waals surface area contributed by atoms with Crippen LogP contribution in [0.15, 0.2) is 23.2 Å². The summed E-state index contributed by atoms with van der Waals surface area (Å²) in [7, 11) is -3.78. The number of nitrogens with one attached hydrogen (secondary N) is 1. The SMILES string of the molecule is CCc1cnc(CNS(=O)(=O)c2ccc(Cl)c(N)c2Cl)s1. The van der Waals surface area contributed by atoms with Crippen molar-refractivity contribution >= 4 is 50.2 Å². The first-order valence-corrected chi connectivity index (χ1v) is 9.07. The highest BCUT2D eigenvalue weighted by atomic mass is 35.5. The Hall–Kier alpha value is -0.860. The second-order valence-corrected chi connectivity index (χ2v) is 7.89. The topological polar surface area (TPSA) is 85.1 Å². The van der Waals surface area contributed by atoms with Crippen LogP contribution in [0.25, 0.3) is 0 Å². The van der Waals surface area contributed by atoms with Crippen molar-refractivity contribution in [2.24, 2.45) is 0 Å². The van der Waals surface area contributed by atoms with Crippen LogP contribution < -0.4 is 10.5 Å². The van der Waals surface area contributed by atoms with E-state index in [1.54, 1.807) is 6.20 Å². The van der Waals surface area contributed by atoms with Gasteiger partial charge >= 0.3 is 0 Å². The third-order valence-corrected chi connectivity index (χ3v) is 6.18. The molecule has 0 amide bonds. The van der Waals surface area contributed by atoms with Crippen LogP contribution in [0.3, 0.4) is 0 Å². The van der Waals surface area contributed by atoms with Gasteiger partial charge in [0.15, 0.2) is 0 Å². The van der Waals surface area contributed by atoms with Crippen molar-refractivity contribution < 1.29 is 8.42 Å². The molecule has 5 nitrogen and oxygen atoms in total. The molecule has 1 aromatic heterocycles. The highest BCUT2D eigenvalue weighted by molar-refractivity contribution is 7.89. The van der Waals surface area contributed by atoms with Gasteiger partial charge in [-0.2, -0.15) is 0 Å². The number of rotatable bonds is 5. The van der Waals surface area contributed by atoms with Crippen molar-refractivity contribution in [2.75, 3.05) is 5.73 Å². The molecule has 0 aliphatic heterocycles. The maximum Gasteiger partial charge on any atom is 0.242 e. The number of nitrogen functional groups attached to an aromatic ring is 1. The van der Waals surface area contributed by atoms with Crippen molar-refractivity contribution in [3.05, 3.63) is 38.3 Å². The number of nitrogens with two attached hydrogens (primary N) is 1. The lowest BCUT2D eigenvalue weighted by Crippen LogP contribution is -2.23. The molecule has 0 bridgehead atoms. The summed E-state index contributed by atoms with van der Waals surface area (Å²) in [6, 6.07) is 2.72. The third-order valence-electron chi connectivity index (χ3n) is 2.74. The summed E-state index contributed by atoms with van der Waals surface area (Å²) in [6.07, 6.45) is 2.60. The molecule has 2 rings (SSSR count). The number of sulfonamides is 1. The first-order chi connectivity index (χ1) is 9.85. The van der Waals surface area contributed by atoms with Crippen LogP contribution in [0.4, 0.5) is 5.69 Å². The molecule has 9 heteroatoms. The van der Waals surface area contributed by atoms with E-state index >= 15 is 0 Å². The smallest absolute Gasteiger partial charge is 0.242 e. The van der Waals surface area contributed by atoms with E-state index in [0.717, 1.165) is 11.3 Å². The van der Waals surface area contributed by atoms with Gasteiger partial charge < -0.3 is 5.73 Å². The molecular formula is C12H13Cl2N3O2S2. The predicted molar refractivity (Wildman–Crippen MR) is 86.4 cm³/mol. The van der Waals surface area contributed by atoms with Crippen LogP contribution >= 0.6 is 34.5 Å². The number of aromatic nitrogens is 1. The van der Waals surface area contributed by atoms with Crippen LogP contribution in [0.5, 0.6) is 0 Å². The number of hydrogen-bond donors (Lipinski definition) is 2. The molecule has 0 aliphatic rings. The largest absolute Gasteiger partial charge is 0.396 e. The van der Waals surface area contributed by atoms with Gasteiger partial charge in [0.2, 0.25) is 10.0 Å². The Balaban J connectivity index is 2.21. The number of aryl methyl sites for hydroxylation is 1. The van der Waals surface area contributed by atoms with Crippen molar-refractivity contribution in [2.45, 2.75) is 24.8 Å². The number of nitrogens with zero attached hydrogens (tertiary/aromatic N) is 1. The number of thiazole rings is 1. The lowest BCUT2D eigenvalue weighted by Gasteiger charge is -2.09. The molecule has 0 saturated heterocycles. The third kappa shape index (κ3) is 3.67. The van der Waals surface area contributed by atoms with E-state index in [1.807, 2.05) is 6.92 Å². The molecule has 1 heterocycles. The molecule has 0 saturated carbocycles. The molecule has 3 N–H and O–H groups in total. The van der Waals surface area contributed by atoms with Crippen LogP contribution in [0.2, 0.25) is 10.0 Å². The Morgan fingerprint density at radius 2 is 2.10 bits per heavy atom.